The van der Waals surface area contributed by atoms with E-state index in [0.29, 0.717) is 35.4 Å². The molecule has 2 aliphatic rings. The van der Waals surface area contributed by atoms with Gasteiger partial charge in [0.15, 0.2) is 5.78 Å². The monoisotopic (exact) mass is 387 g/mol. The molecule has 0 bridgehead atoms. The van der Waals surface area contributed by atoms with Gasteiger partial charge in [-0.2, -0.15) is 0 Å². The molecule has 1 heterocycles. The molecular formula is C23H30ClNO2. The standard InChI is InChI=1S/C23H30ClNO2/c1-16-7-3-4-9-18(13-16)14-22(26)21-12-6-10-19(25-21)15-27-23-17(2)8-5-11-20(23)24/h5-6,8,11-12,16,18-19H,3-4,7,9-10,13-15H2,1-2H3/t16?,18-,19?/m0/s1. The molecule has 27 heavy (non-hydrogen) atoms. The van der Waals surface area contributed by atoms with Gasteiger partial charge >= 0.3 is 0 Å². The summed E-state index contributed by atoms with van der Waals surface area (Å²) >= 11 is 6.23. The van der Waals surface area contributed by atoms with Crippen molar-refractivity contribution in [3.63, 3.8) is 0 Å². The number of rotatable bonds is 6. The van der Waals surface area contributed by atoms with Crippen molar-refractivity contribution in [1.29, 1.82) is 0 Å². The summed E-state index contributed by atoms with van der Waals surface area (Å²) in [5.41, 5.74) is 1.62. The first kappa shape index (κ1) is 20.1. The van der Waals surface area contributed by atoms with E-state index in [1.54, 1.807) is 0 Å². The number of hydrogen-bond donors (Lipinski definition) is 0. The Morgan fingerprint density at radius 3 is 2.93 bits per heavy atom. The Hall–Kier alpha value is -1.61. The molecule has 0 spiro atoms. The van der Waals surface area contributed by atoms with E-state index in [9.17, 15) is 4.79 Å². The second-order valence-electron chi connectivity index (χ2n) is 8.12. The Balaban J connectivity index is 1.58. The molecule has 1 aliphatic carbocycles. The molecule has 1 aliphatic heterocycles. The molecule has 1 fully saturated rings. The van der Waals surface area contributed by atoms with E-state index in [4.69, 9.17) is 16.3 Å². The first-order chi connectivity index (χ1) is 13.0. The van der Waals surface area contributed by atoms with Gasteiger partial charge in [0.05, 0.1) is 11.1 Å². The zero-order valence-corrected chi connectivity index (χ0v) is 17.2. The number of nitrogens with zero attached hydrogens (tertiary/aromatic N) is 1. The van der Waals surface area contributed by atoms with E-state index in [0.717, 1.165) is 17.9 Å². The van der Waals surface area contributed by atoms with E-state index >= 15 is 0 Å². The molecule has 3 nitrogen and oxygen atoms in total. The van der Waals surface area contributed by atoms with E-state index in [1.165, 1.54) is 32.1 Å². The molecule has 1 saturated carbocycles. The molecule has 2 unspecified atom stereocenters. The number of hydrogen-bond acceptors (Lipinski definition) is 3. The SMILES string of the molecule is Cc1cccc(Cl)c1OCC1CC=CC(C(=O)C[C@H]2CCCCC(C)C2)=N1. The van der Waals surface area contributed by atoms with E-state index < -0.39 is 0 Å². The smallest absolute Gasteiger partial charge is 0.180 e. The van der Waals surface area contributed by atoms with Gasteiger partial charge in [0.2, 0.25) is 0 Å². The molecule has 1 aromatic rings. The van der Waals surface area contributed by atoms with Crippen LogP contribution in [0, 0.1) is 18.8 Å². The van der Waals surface area contributed by atoms with Crippen molar-refractivity contribution in [3.8, 4) is 5.75 Å². The minimum atomic E-state index is -0.0299. The number of dihydropyridines is 1. The number of Topliss-reactive ketones (excluding diaryl/α,β-unsaturated/α-hetero) is 1. The number of aliphatic imine (C=N–C) groups is 1. The fourth-order valence-corrected chi connectivity index (χ4v) is 4.44. The van der Waals surface area contributed by atoms with Crippen molar-refractivity contribution < 1.29 is 9.53 Å². The van der Waals surface area contributed by atoms with Crippen molar-refractivity contribution >= 4 is 23.1 Å². The van der Waals surface area contributed by atoms with Gasteiger partial charge in [0.25, 0.3) is 0 Å². The number of ether oxygens (including phenoxy) is 1. The molecule has 4 heteroatoms. The molecule has 0 amide bonds. The Bertz CT molecular complexity index is 705. The zero-order chi connectivity index (χ0) is 19.2. The molecule has 146 valence electrons. The van der Waals surface area contributed by atoms with Crippen molar-refractivity contribution in [2.45, 2.75) is 64.8 Å². The van der Waals surface area contributed by atoms with Crippen LogP contribution in [0.1, 0.15) is 57.4 Å². The summed E-state index contributed by atoms with van der Waals surface area (Å²) in [7, 11) is 0. The van der Waals surface area contributed by atoms with E-state index in [2.05, 4.69) is 11.9 Å². The highest BCUT2D eigenvalue weighted by Gasteiger charge is 2.23. The molecule has 3 rings (SSSR count). The van der Waals surface area contributed by atoms with Crippen LogP contribution in [-0.4, -0.2) is 24.1 Å². The second kappa shape index (κ2) is 9.54. The third-order valence-electron chi connectivity index (χ3n) is 5.64. The van der Waals surface area contributed by atoms with Gasteiger partial charge in [-0.15, -0.1) is 0 Å². The summed E-state index contributed by atoms with van der Waals surface area (Å²) in [5.74, 6) is 2.14. The molecule has 3 atom stereocenters. The van der Waals surface area contributed by atoms with Crippen LogP contribution in [0.4, 0.5) is 0 Å². The number of carbonyl (C=O) groups is 1. The van der Waals surface area contributed by atoms with Crippen LogP contribution in [0.2, 0.25) is 5.02 Å². The first-order valence-electron chi connectivity index (χ1n) is 10.2. The lowest BCUT2D eigenvalue weighted by molar-refractivity contribution is -0.113. The molecule has 0 saturated heterocycles. The van der Waals surface area contributed by atoms with E-state index in [1.807, 2.05) is 37.3 Å². The zero-order valence-electron chi connectivity index (χ0n) is 16.4. The summed E-state index contributed by atoms with van der Waals surface area (Å²) in [6.45, 7) is 4.73. The van der Waals surface area contributed by atoms with Crippen LogP contribution in [0.25, 0.3) is 0 Å². The first-order valence-corrected chi connectivity index (χ1v) is 10.6. The third kappa shape index (κ3) is 5.68. The highest BCUT2D eigenvalue weighted by atomic mass is 35.5. The van der Waals surface area contributed by atoms with Gasteiger partial charge in [-0.3, -0.25) is 9.79 Å². The number of halogens is 1. The minimum Gasteiger partial charge on any atom is -0.490 e. The number of allylic oxidation sites excluding steroid dienone is 1. The lowest BCUT2D eigenvalue weighted by Gasteiger charge is -2.20. The van der Waals surface area contributed by atoms with Crippen LogP contribution in [0.15, 0.2) is 35.3 Å². The summed E-state index contributed by atoms with van der Waals surface area (Å²) in [6.07, 6.45) is 11.5. The fourth-order valence-electron chi connectivity index (χ4n) is 4.16. The van der Waals surface area contributed by atoms with Crippen LogP contribution in [0.5, 0.6) is 5.75 Å². The average molecular weight is 388 g/mol. The molecular weight excluding hydrogens is 358 g/mol. The lowest BCUT2D eigenvalue weighted by atomic mass is 9.89. The molecule has 0 N–H and O–H groups in total. The summed E-state index contributed by atoms with van der Waals surface area (Å²) < 4.78 is 5.93. The van der Waals surface area contributed by atoms with Gasteiger partial charge in [-0.1, -0.05) is 62.4 Å². The summed E-state index contributed by atoms with van der Waals surface area (Å²) in [5, 5.41) is 0.615. The number of ketones is 1. The van der Waals surface area contributed by atoms with Crippen molar-refractivity contribution in [2.24, 2.45) is 16.8 Å². The Morgan fingerprint density at radius 1 is 1.30 bits per heavy atom. The predicted octanol–water partition coefficient (Wildman–Crippen LogP) is 5.97. The summed E-state index contributed by atoms with van der Waals surface area (Å²) in [4.78, 5) is 17.4. The Kier molecular flexibility index (Phi) is 7.12. The van der Waals surface area contributed by atoms with Gasteiger partial charge in [0, 0.05) is 6.42 Å². The quantitative estimate of drug-likeness (QED) is 0.564. The van der Waals surface area contributed by atoms with Crippen LogP contribution >= 0.6 is 11.6 Å². The van der Waals surface area contributed by atoms with Crippen molar-refractivity contribution in [1.82, 2.24) is 0 Å². The van der Waals surface area contributed by atoms with Crippen molar-refractivity contribution in [3.05, 3.63) is 40.9 Å². The molecule has 0 radical (unpaired) electrons. The maximum Gasteiger partial charge on any atom is 0.180 e. The molecule has 1 aromatic carbocycles. The Morgan fingerprint density at radius 2 is 2.11 bits per heavy atom. The number of carbonyl (C=O) groups excluding carboxylic acids is 1. The minimum absolute atomic E-state index is 0.0299. The highest BCUT2D eigenvalue weighted by Crippen LogP contribution is 2.30. The van der Waals surface area contributed by atoms with E-state index in [-0.39, 0.29) is 11.8 Å². The largest absolute Gasteiger partial charge is 0.490 e. The third-order valence-corrected chi connectivity index (χ3v) is 5.94. The average Bonchev–Trinajstić information content (AvgIpc) is 2.85. The number of para-hydroxylation sites is 1. The topological polar surface area (TPSA) is 38.7 Å². The fraction of sp³-hybridized carbons (Fsp3) is 0.565. The number of aryl methyl sites for hydroxylation is 1. The highest BCUT2D eigenvalue weighted by molar-refractivity contribution is 6.44. The molecule has 0 aromatic heterocycles. The van der Waals surface area contributed by atoms with Gasteiger partial charge in [-0.05, 0) is 49.3 Å². The predicted molar refractivity (Wildman–Crippen MR) is 112 cm³/mol. The van der Waals surface area contributed by atoms with Crippen LogP contribution < -0.4 is 4.74 Å². The van der Waals surface area contributed by atoms with Crippen molar-refractivity contribution in [2.75, 3.05) is 6.61 Å². The second-order valence-corrected chi connectivity index (χ2v) is 8.53. The number of benzene rings is 1. The normalized spacial score (nSPS) is 25.6. The van der Waals surface area contributed by atoms with Crippen LogP contribution in [0.3, 0.4) is 0 Å². The lowest BCUT2D eigenvalue weighted by Crippen LogP contribution is -2.25. The van der Waals surface area contributed by atoms with Crippen LogP contribution in [-0.2, 0) is 4.79 Å². The maximum atomic E-state index is 12.8. The van der Waals surface area contributed by atoms with Gasteiger partial charge in [0.1, 0.15) is 18.1 Å². The Labute approximate surface area is 167 Å². The summed E-state index contributed by atoms with van der Waals surface area (Å²) in [6, 6.07) is 5.69. The maximum absolute atomic E-state index is 12.8. The van der Waals surface area contributed by atoms with Gasteiger partial charge in [-0.25, -0.2) is 0 Å². The van der Waals surface area contributed by atoms with Gasteiger partial charge < -0.3 is 4.74 Å².